The predicted octanol–water partition coefficient (Wildman–Crippen LogP) is 3.15. The maximum absolute atomic E-state index is 5.78. The molecule has 0 amide bonds. The summed E-state index contributed by atoms with van der Waals surface area (Å²) in [6, 6.07) is 8.55. The standard InChI is InChI=1S/C27H33N7O2/c1-19-24(16-28-26-25(19)32(2)9-14-36-26)34-8-7-21-15-29-27(31-23(21)18-34)30-22-5-3-20(4-6-22)17-33-10-12-35-13-11-33/h3-6,15-16H,7-14,17-18H2,1-2H3,(H,29,30,31). The van der Waals surface area contributed by atoms with E-state index in [1.165, 1.54) is 16.7 Å². The van der Waals surface area contributed by atoms with Crippen molar-refractivity contribution in [2.24, 2.45) is 0 Å². The van der Waals surface area contributed by atoms with Gasteiger partial charge in [-0.1, -0.05) is 12.1 Å². The third kappa shape index (κ3) is 4.68. The summed E-state index contributed by atoms with van der Waals surface area (Å²) in [5.74, 6) is 1.36. The van der Waals surface area contributed by atoms with E-state index in [2.05, 4.69) is 68.2 Å². The van der Waals surface area contributed by atoms with Crippen LogP contribution in [0.2, 0.25) is 0 Å². The SMILES string of the molecule is Cc1c(N2CCc3cnc(Nc4ccc(CN5CCOCC5)cc4)nc3C2)cnc2c1N(C)CCO2. The number of ether oxygens (including phenoxy) is 2. The van der Waals surface area contributed by atoms with Crippen molar-refractivity contribution in [2.45, 2.75) is 26.4 Å². The minimum atomic E-state index is 0.630. The highest BCUT2D eigenvalue weighted by Crippen LogP contribution is 2.38. The number of nitrogens with zero attached hydrogens (tertiary/aromatic N) is 6. The van der Waals surface area contributed by atoms with Gasteiger partial charge in [-0.2, -0.15) is 0 Å². The largest absolute Gasteiger partial charge is 0.474 e. The molecule has 2 aromatic heterocycles. The molecule has 36 heavy (non-hydrogen) atoms. The number of hydrogen-bond acceptors (Lipinski definition) is 9. The molecule has 1 saturated heterocycles. The second-order valence-electron chi connectivity index (χ2n) is 9.74. The number of rotatable bonds is 5. The van der Waals surface area contributed by atoms with E-state index in [0.717, 1.165) is 87.5 Å². The second-order valence-corrected chi connectivity index (χ2v) is 9.74. The molecule has 0 spiro atoms. The number of anilines is 4. The topological polar surface area (TPSA) is 78.9 Å². The molecule has 6 rings (SSSR count). The fraction of sp³-hybridized carbons (Fsp3) is 0.444. The summed E-state index contributed by atoms with van der Waals surface area (Å²) in [5, 5.41) is 3.39. The van der Waals surface area contributed by atoms with Gasteiger partial charge in [0.15, 0.2) is 0 Å². The van der Waals surface area contributed by atoms with Gasteiger partial charge in [0.05, 0.1) is 43.9 Å². The molecule has 1 N–H and O–H groups in total. The van der Waals surface area contributed by atoms with Gasteiger partial charge in [-0.15, -0.1) is 0 Å². The molecule has 3 aliphatic rings. The van der Waals surface area contributed by atoms with E-state index >= 15 is 0 Å². The third-order valence-corrected chi connectivity index (χ3v) is 7.30. The first-order valence-corrected chi connectivity index (χ1v) is 12.7. The van der Waals surface area contributed by atoms with Crippen molar-refractivity contribution < 1.29 is 9.47 Å². The van der Waals surface area contributed by atoms with Crippen LogP contribution in [0, 0.1) is 6.92 Å². The Morgan fingerprint density at radius 1 is 0.972 bits per heavy atom. The van der Waals surface area contributed by atoms with Crippen molar-refractivity contribution in [1.29, 1.82) is 0 Å². The molecule has 1 aromatic carbocycles. The summed E-state index contributed by atoms with van der Waals surface area (Å²) in [6.07, 6.45) is 4.82. The van der Waals surface area contributed by atoms with Crippen molar-refractivity contribution in [3.8, 4) is 5.88 Å². The van der Waals surface area contributed by atoms with Crippen LogP contribution < -0.4 is 19.9 Å². The minimum absolute atomic E-state index is 0.630. The van der Waals surface area contributed by atoms with Crippen LogP contribution in [0.3, 0.4) is 0 Å². The van der Waals surface area contributed by atoms with Crippen molar-refractivity contribution in [3.63, 3.8) is 0 Å². The van der Waals surface area contributed by atoms with Gasteiger partial charge in [0, 0.05) is 50.7 Å². The van der Waals surface area contributed by atoms with Gasteiger partial charge >= 0.3 is 0 Å². The molecule has 0 saturated carbocycles. The molecule has 0 atom stereocenters. The molecule has 0 unspecified atom stereocenters. The fourth-order valence-electron chi connectivity index (χ4n) is 5.23. The van der Waals surface area contributed by atoms with E-state index in [-0.39, 0.29) is 0 Å². The predicted molar refractivity (Wildman–Crippen MR) is 140 cm³/mol. The van der Waals surface area contributed by atoms with Crippen LogP contribution >= 0.6 is 0 Å². The third-order valence-electron chi connectivity index (χ3n) is 7.30. The smallest absolute Gasteiger partial charge is 0.238 e. The van der Waals surface area contributed by atoms with Crippen LogP contribution in [0.25, 0.3) is 0 Å². The molecular weight excluding hydrogens is 454 g/mol. The van der Waals surface area contributed by atoms with E-state index in [4.69, 9.17) is 14.5 Å². The monoisotopic (exact) mass is 487 g/mol. The minimum Gasteiger partial charge on any atom is -0.474 e. The number of hydrogen-bond donors (Lipinski definition) is 1. The average molecular weight is 488 g/mol. The summed E-state index contributed by atoms with van der Waals surface area (Å²) < 4.78 is 11.2. The molecule has 0 bridgehead atoms. The Hall–Kier alpha value is -3.43. The molecule has 188 valence electrons. The van der Waals surface area contributed by atoms with Crippen LogP contribution in [0.1, 0.15) is 22.4 Å². The molecule has 5 heterocycles. The van der Waals surface area contributed by atoms with Gasteiger partial charge in [0.25, 0.3) is 0 Å². The first-order chi connectivity index (χ1) is 17.6. The van der Waals surface area contributed by atoms with Crippen LogP contribution in [0.4, 0.5) is 23.0 Å². The highest BCUT2D eigenvalue weighted by Gasteiger charge is 2.25. The van der Waals surface area contributed by atoms with Crippen molar-refractivity contribution >= 4 is 23.0 Å². The molecule has 1 fully saturated rings. The lowest BCUT2D eigenvalue weighted by molar-refractivity contribution is 0.0342. The molecule has 9 heteroatoms. The fourth-order valence-corrected chi connectivity index (χ4v) is 5.23. The summed E-state index contributed by atoms with van der Waals surface area (Å²) in [6.45, 7) is 9.93. The van der Waals surface area contributed by atoms with Crippen LogP contribution in [0.15, 0.2) is 36.7 Å². The summed E-state index contributed by atoms with van der Waals surface area (Å²) in [4.78, 5) is 21.1. The lowest BCUT2D eigenvalue weighted by Gasteiger charge is -2.34. The van der Waals surface area contributed by atoms with Crippen molar-refractivity contribution in [3.05, 3.63) is 59.0 Å². The van der Waals surface area contributed by atoms with E-state index in [1.54, 1.807) is 0 Å². The Labute approximate surface area is 212 Å². The Morgan fingerprint density at radius 2 is 1.81 bits per heavy atom. The maximum Gasteiger partial charge on any atom is 0.238 e. The van der Waals surface area contributed by atoms with Gasteiger partial charge in [0.1, 0.15) is 12.3 Å². The summed E-state index contributed by atoms with van der Waals surface area (Å²) in [5.41, 5.74) is 7.99. The first kappa shape index (κ1) is 23.0. The van der Waals surface area contributed by atoms with Gasteiger partial charge in [0.2, 0.25) is 11.8 Å². The summed E-state index contributed by atoms with van der Waals surface area (Å²) in [7, 11) is 2.10. The number of nitrogens with one attached hydrogen (secondary N) is 1. The van der Waals surface area contributed by atoms with Crippen LogP contribution in [-0.4, -0.2) is 72.9 Å². The number of aromatic nitrogens is 3. The second kappa shape index (κ2) is 9.91. The number of benzene rings is 1. The Bertz CT molecular complexity index is 1230. The highest BCUT2D eigenvalue weighted by molar-refractivity contribution is 5.71. The number of morpholine rings is 1. The molecular formula is C27H33N7O2. The zero-order valence-corrected chi connectivity index (χ0v) is 21.0. The quantitative estimate of drug-likeness (QED) is 0.584. The molecule has 3 aliphatic heterocycles. The van der Waals surface area contributed by atoms with E-state index in [0.29, 0.717) is 12.6 Å². The van der Waals surface area contributed by atoms with E-state index < -0.39 is 0 Å². The van der Waals surface area contributed by atoms with E-state index in [9.17, 15) is 0 Å². The van der Waals surface area contributed by atoms with E-state index in [1.807, 2.05) is 12.4 Å². The zero-order chi connectivity index (χ0) is 24.5. The van der Waals surface area contributed by atoms with Crippen LogP contribution in [-0.2, 0) is 24.2 Å². The average Bonchev–Trinajstić information content (AvgIpc) is 2.90. The molecule has 9 nitrogen and oxygen atoms in total. The maximum atomic E-state index is 5.78. The molecule has 0 radical (unpaired) electrons. The number of fused-ring (bicyclic) bond motifs is 2. The van der Waals surface area contributed by atoms with Gasteiger partial charge in [-0.3, -0.25) is 4.90 Å². The zero-order valence-electron chi connectivity index (χ0n) is 21.0. The Morgan fingerprint density at radius 3 is 2.64 bits per heavy atom. The lowest BCUT2D eigenvalue weighted by Crippen LogP contribution is -2.35. The Balaban J connectivity index is 1.15. The van der Waals surface area contributed by atoms with Gasteiger partial charge in [-0.25, -0.2) is 15.0 Å². The van der Waals surface area contributed by atoms with Crippen molar-refractivity contribution in [1.82, 2.24) is 19.9 Å². The van der Waals surface area contributed by atoms with Gasteiger partial charge in [-0.05, 0) is 36.6 Å². The molecule has 3 aromatic rings. The lowest BCUT2D eigenvalue weighted by atomic mass is 10.0. The summed E-state index contributed by atoms with van der Waals surface area (Å²) >= 11 is 0. The number of likely N-dealkylation sites (N-methyl/N-ethyl adjacent to an activating group) is 1. The highest BCUT2D eigenvalue weighted by atomic mass is 16.5. The molecule has 0 aliphatic carbocycles. The number of pyridine rings is 1. The first-order valence-electron chi connectivity index (χ1n) is 12.7. The normalized spacial score (nSPS) is 17.8. The Kier molecular flexibility index (Phi) is 6.33. The van der Waals surface area contributed by atoms with Crippen molar-refractivity contribution in [2.75, 3.05) is 68.2 Å². The van der Waals surface area contributed by atoms with Gasteiger partial charge < -0.3 is 24.6 Å². The van der Waals surface area contributed by atoms with Crippen LogP contribution in [0.5, 0.6) is 5.88 Å².